The minimum Gasteiger partial charge on any atom is -0.394 e. The minimum atomic E-state index is -0.622. The zero-order valence-electron chi connectivity index (χ0n) is 10.8. The van der Waals surface area contributed by atoms with Crippen LogP contribution in [0.15, 0.2) is 18.2 Å². The third kappa shape index (κ3) is 4.44. The summed E-state index contributed by atoms with van der Waals surface area (Å²) in [5, 5.41) is 14.5. The first-order valence-corrected chi connectivity index (χ1v) is 5.61. The summed E-state index contributed by atoms with van der Waals surface area (Å²) in [6.07, 6.45) is 0. The summed E-state index contributed by atoms with van der Waals surface area (Å²) in [6, 6.07) is 5.53. The number of aliphatic hydroxyl groups is 1. The third-order valence-electron chi connectivity index (χ3n) is 2.33. The highest BCUT2D eigenvalue weighted by Crippen LogP contribution is 2.13. The van der Waals surface area contributed by atoms with Crippen LogP contribution in [0.2, 0.25) is 0 Å². The van der Waals surface area contributed by atoms with Crippen molar-refractivity contribution in [2.24, 2.45) is 0 Å². The predicted octanol–water partition coefficient (Wildman–Crippen LogP) is 2.20. The molecule has 94 valence electrons. The summed E-state index contributed by atoms with van der Waals surface area (Å²) in [5.41, 5.74) is 2.33. The molecule has 0 fully saturated rings. The summed E-state index contributed by atoms with van der Waals surface area (Å²) in [6.45, 7) is 7.37. The standard InChI is InChI=1S/C13H20N2O2/c1-9-5-10(2)7-11(6-9)14-12(17)15-13(3,4)8-16/h5-7,16H,8H2,1-4H3,(H2,14,15,17). The summed E-state index contributed by atoms with van der Waals surface area (Å²) in [7, 11) is 0. The van der Waals surface area contributed by atoms with E-state index < -0.39 is 5.54 Å². The topological polar surface area (TPSA) is 61.4 Å². The van der Waals surface area contributed by atoms with Gasteiger partial charge >= 0.3 is 6.03 Å². The Morgan fingerprint density at radius 2 is 1.76 bits per heavy atom. The van der Waals surface area contributed by atoms with Crippen LogP contribution in [0, 0.1) is 13.8 Å². The second kappa shape index (κ2) is 5.19. The molecule has 2 amide bonds. The van der Waals surface area contributed by atoms with Crippen molar-refractivity contribution in [3.8, 4) is 0 Å². The normalized spacial score (nSPS) is 11.1. The van der Waals surface area contributed by atoms with Crippen molar-refractivity contribution in [2.75, 3.05) is 11.9 Å². The molecule has 4 heteroatoms. The second-order valence-corrected chi connectivity index (χ2v) is 5.00. The van der Waals surface area contributed by atoms with Crippen LogP contribution in [0.25, 0.3) is 0 Å². The molecule has 0 aromatic heterocycles. The number of urea groups is 1. The summed E-state index contributed by atoms with van der Waals surface area (Å²) in [4.78, 5) is 11.7. The molecule has 0 saturated carbocycles. The molecule has 0 unspecified atom stereocenters. The van der Waals surface area contributed by atoms with Gasteiger partial charge in [0.2, 0.25) is 0 Å². The Hall–Kier alpha value is -1.55. The Morgan fingerprint density at radius 1 is 1.24 bits per heavy atom. The average molecular weight is 236 g/mol. The van der Waals surface area contributed by atoms with Crippen LogP contribution >= 0.6 is 0 Å². The lowest BCUT2D eigenvalue weighted by atomic mass is 10.1. The van der Waals surface area contributed by atoms with Gasteiger partial charge in [-0.15, -0.1) is 0 Å². The molecule has 0 spiro atoms. The van der Waals surface area contributed by atoms with Crippen molar-refractivity contribution >= 4 is 11.7 Å². The van der Waals surface area contributed by atoms with Crippen LogP contribution < -0.4 is 10.6 Å². The number of nitrogens with one attached hydrogen (secondary N) is 2. The number of carbonyl (C=O) groups is 1. The maximum atomic E-state index is 11.7. The van der Waals surface area contributed by atoms with E-state index in [0.29, 0.717) is 0 Å². The molecule has 1 aromatic rings. The van der Waals surface area contributed by atoms with Gasteiger partial charge in [-0.3, -0.25) is 0 Å². The molecule has 1 aromatic carbocycles. The van der Waals surface area contributed by atoms with Crippen LogP contribution in [-0.2, 0) is 0 Å². The smallest absolute Gasteiger partial charge is 0.319 e. The Balaban J connectivity index is 2.68. The third-order valence-corrected chi connectivity index (χ3v) is 2.33. The molecular weight excluding hydrogens is 216 g/mol. The fraction of sp³-hybridized carbons (Fsp3) is 0.462. The highest BCUT2D eigenvalue weighted by molar-refractivity contribution is 5.89. The van der Waals surface area contributed by atoms with E-state index >= 15 is 0 Å². The molecule has 0 saturated heterocycles. The van der Waals surface area contributed by atoms with Crippen LogP contribution in [0.4, 0.5) is 10.5 Å². The molecule has 3 N–H and O–H groups in total. The van der Waals surface area contributed by atoms with Gasteiger partial charge in [0, 0.05) is 5.69 Å². The van der Waals surface area contributed by atoms with E-state index in [1.165, 1.54) is 0 Å². The predicted molar refractivity (Wildman–Crippen MR) is 69.2 cm³/mol. The molecule has 0 aliphatic heterocycles. The van der Waals surface area contributed by atoms with Crippen molar-refractivity contribution in [3.05, 3.63) is 29.3 Å². The zero-order chi connectivity index (χ0) is 13.1. The quantitative estimate of drug-likeness (QED) is 0.753. The fourth-order valence-electron chi connectivity index (χ4n) is 1.56. The number of hydrogen-bond donors (Lipinski definition) is 3. The number of benzene rings is 1. The highest BCUT2D eigenvalue weighted by atomic mass is 16.3. The molecule has 0 heterocycles. The summed E-state index contributed by atoms with van der Waals surface area (Å²) < 4.78 is 0. The van der Waals surface area contributed by atoms with E-state index in [9.17, 15) is 4.79 Å². The lowest BCUT2D eigenvalue weighted by Crippen LogP contribution is -2.48. The van der Waals surface area contributed by atoms with Crippen molar-refractivity contribution in [1.29, 1.82) is 0 Å². The monoisotopic (exact) mass is 236 g/mol. The largest absolute Gasteiger partial charge is 0.394 e. The summed E-state index contributed by atoms with van der Waals surface area (Å²) >= 11 is 0. The molecule has 0 aliphatic carbocycles. The number of carbonyl (C=O) groups excluding carboxylic acids is 1. The second-order valence-electron chi connectivity index (χ2n) is 5.00. The summed E-state index contributed by atoms with van der Waals surface area (Å²) in [5.74, 6) is 0. The van der Waals surface area contributed by atoms with Crippen molar-refractivity contribution in [2.45, 2.75) is 33.2 Å². The minimum absolute atomic E-state index is 0.104. The van der Waals surface area contributed by atoms with Gasteiger partial charge in [-0.1, -0.05) is 6.07 Å². The fourth-order valence-corrected chi connectivity index (χ4v) is 1.56. The first-order chi connectivity index (χ1) is 7.82. The lowest BCUT2D eigenvalue weighted by molar-refractivity contribution is 0.187. The average Bonchev–Trinajstić information content (AvgIpc) is 2.14. The van der Waals surface area contributed by atoms with Gasteiger partial charge in [-0.25, -0.2) is 4.79 Å². The van der Waals surface area contributed by atoms with E-state index in [4.69, 9.17) is 5.11 Å². The maximum Gasteiger partial charge on any atom is 0.319 e. The van der Waals surface area contributed by atoms with Crippen molar-refractivity contribution in [3.63, 3.8) is 0 Å². The molecule has 0 radical (unpaired) electrons. The molecule has 0 bridgehead atoms. The van der Waals surface area contributed by atoms with Crippen LogP contribution in [0.3, 0.4) is 0 Å². The van der Waals surface area contributed by atoms with E-state index in [2.05, 4.69) is 10.6 Å². The van der Waals surface area contributed by atoms with E-state index in [1.807, 2.05) is 32.0 Å². The Kier molecular flexibility index (Phi) is 4.12. The van der Waals surface area contributed by atoms with E-state index in [1.54, 1.807) is 13.8 Å². The number of hydrogen-bond acceptors (Lipinski definition) is 2. The van der Waals surface area contributed by atoms with Crippen LogP contribution in [-0.4, -0.2) is 23.3 Å². The molecule has 0 atom stereocenters. The van der Waals surface area contributed by atoms with Crippen molar-refractivity contribution in [1.82, 2.24) is 5.32 Å². The Morgan fingerprint density at radius 3 is 2.24 bits per heavy atom. The molecule has 4 nitrogen and oxygen atoms in total. The number of anilines is 1. The number of amides is 2. The molecular formula is C13H20N2O2. The van der Waals surface area contributed by atoms with Gasteiger partial charge in [0.25, 0.3) is 0 Å². The van der Waals surface area contributed by atoms with Crippen molar-refractivity contribution < 1.29 is 9.90 Å². The molecule has 17 heavy (non-hydrogen) atoms. The van der Waals surface area contributed by atoms with Crippen LogP contribution in [0.5, 0.6) is 0 Å². The SMILES string of the molecule is Cc1cc(C)cc(NC(=O)NC(C)(C)CO)c1. The lowest BCUT2D eigenvalue weighted by Gasteiger charge is -2.23. The Labute approximate surface area is 102 Å². The maximum absolute atomic E-state index is 11.7. The van der Waals surface area contributed by atoms with Gasteiger partial charge in [0.05, 0.1) is 12.1 Å². The van der Waals surface area contributed by atoms with Gasteiger partial charge in [0.1, 0.15) is 0 Å². The first kappa shape index (κ1) is 13.5. The zero-order valence-corrected chi connectivity index (χ0v) is 10.8. The molecule has 1 rings (SSSR count). The highest BCUT2D eigenvalue weighted by Gasteiger charge is 2.18. The van der Waals surface area contributed by atoms with Gasteiger partial charge in [-0.05, 0) is 51.0 Å². The van der Waals surface area contributed by atoms with Gasteiger partial charge in [-0.2, -0.15) is 0 Å². The van der Waals surface area contributed by atoms with Gasteiger partial charge < -0.3 is 15.7 Å². The number of aryl methyl sites for hydroxylation is 2. The van der Waals surface area contributed by atoms with Crippen LogP contribution in [0.1, 0.15) is 25.0 Å². The Bertz CT molecular complexity index is 394. The number of aliphatic hydroxyl groups excluding tert-OH is 1. The first-order valence-electron chi connectivity index (χ1n) is 5.61. The number of rotatable bonds is 3. The molecule has 0 aliphatic rings. The van der Waals surface area contributed by atoms with Gasteiger partial charge in [0.15, 0.2) is 0 Å². The van der Waals surface area contributed by atoms with E-state index in [-0.39, 0.29) is 12.6 Å². The van der Waals surface area contributed by atoms with E-state index in [0.717, 1.165) is 16.8 Å².